The van der Waals surface area contributed by atoms with Gasteiger partial charge in [-0.25, -0.2) is 0 Å². The lowest BCUT2D eigenvalue weighted by Gasteiger charge is -2.02. The van der Waals surface area contributed by atoms with E-state index in [0.29, 0.717) is 5.75 Å². The second-order valence-corrected chi connectivity index (χ2v) is 3.31. The van der Waals surface area contributed by atoms with Gasteiger partial charge in [0, 0.05) is 0 Å². The van der Waals surface area contributed by atoms with Crippen LogP contribution in [0.2, 0.25) is 0 Å². The summed E-state index contributed by atoms with van der Waals surface area (Å²) < 4.78 is 0. The Kier molecular flexibility index (Phi) is 2.54. The lowest BCUT2D eigenvalue weighted by molar-refractivity contribution is 0.474. The average molecular weight is 162 g/mol. The molecule has 12 heavy (non-hydrogen) atoms. The number of aromatic hydroxyl groups is 1. The third kappa shape index (κ3) is 2.42. The van der Waals surface area contributed by atoms with Crippen molar-refractivity contribution in [2.45, 2.75) is 20.3 Å². The molecular formula is C11H14O. The van der Waals surface area contributed by atoms with Crippen molar-refractivity contribution in [3.05, 3.63) is 41.5 Å². The molecule has 0 atom stereocenters. The van der Waals surface area contributed by atoms with E-state index in [4.69, 9.17) is 0 Å². The molecule has 0 bridgehead atoms. The fraction of sp³-hybridized carbons (Fsp3) is 0.273. The van der Waals surface area contributed by atoms with Crippen molar-refractivity contribution in [1.29, 1.82) is 0 Å². The molecule has 64 valence electrons. The molecule has 0 saturated heterocycles. The fourth-order valence-electron chi connectivity index (χ4n) is 1.29. The maximum absolute atomic E-state index is 9.28. The molecule has 1 N–H and O–H groups in total. The number of hydrogen-bond donors (Lipinski definition) is 1. The van der Waals surface area contributed by atoms with Crippen molar-refractivity contribution in [1.82, 2.24) is 0 Å². The lowest BCUT2D eigenvalue weighted by Crippen LogP contribution is -1.86. The molecule has 0 aliphatic heterocycles. The number of phenolic OH excluding ortho intramolecular Hbond substituents is 1. The minimum absolute atomic E-state index is 0.339. The maximum atomic E-state index is 9.28. The van der Waals surface area contributed by atoms with Crippen molar-refractivity contribution in [2.75, 3.05) is 0 Å². The first-order valence-corrected chi connectivity index (χ1v) is 4.02. The van der Waals surface area contributed by atoms with E-state index in [2.05, 4.69) is 12.6 Å². The zero-order valence-corrected chi connectivity index (χ0v) is 7.59. The van der Waals surface area contributed by atoms with E-state index in [9.17, 15) is 5.11 Å². The molecule has 0 heterocycles. The maximum Gasteiger partial charge on any atom is 0.116 e. The van der Waals surface area contributed by atoms with Crippen LogP contribution in [0.3, 0.4) is 0 Å². The van der Waals surface area contributed by atoms with Crippen LogP contribution in [-0.4, -0.2) is 5.11 Å². The van der Waals surface area contributed by atoms with Gasteiger partial charge in [0.05, 0.1) is 0 Å². The molecule has 1 aromatic rings. The molecule has 0 amide bonds. The van der Waals surface area contributed by atoms with Crippen LogP contribution in [0, 0.1) is 6.92 Å². The Balaban J connectivity index is 2.93. The molecule has 0 radical (unpaired) electrons. The highest BCUT2D eigenvalue weighted by Gasteiger charge is 1.96. The van der Waals surface area contributed by atoms with Gasteiger partial charge in [0.25, 0.3) is 0 Å². The first kappa shape index (κ1) is 8.85. The van der Waals surface area contributed by atoms with Crippen LogP contribution in [0.25, 0.3) is 0 Å². The highest BCUT2D eigenvalue weighted by Crippen LogP contribution is 2.16. The van der Waals surface area contributed by atoms with Crippen LogP contribution >= 0.6 is 0 Å². The summed E-state index contributed by atoms with van der Waals surface area (Å²) in [5.41, 5.74) is 3.33. The summed E-state index contributed by atoms with van der Waals surface area (Å²) in [6.07, 6.45) is 0.842. The summed E-state index contributed by atoms with van der Waals surface area (Å²) in [7, 11) is 0. The summed E-state index contributed by atoms with van der Waals surface area (Å²) >= 11 is 0. The highest BCUT2D eigenvalue weighted by molar-refractivity contribution is 5.34. The van der Waals surface area contributed by atoms with Gasteiger partial charge in [-0.15, -0.1) is 0 Å². The van der Waals surface area contributed by atoms with E-state index in [0.717, 1.165) is 23.1 Å². The van der Waals surface area contributed by atoms with Gasteiger partial charge in [0.1, 0.15) is 5.75 Å². The number of benzene rings is 1. The molecule has 0 spiro atoms. The van der Waals surface area contributed by atoms with E-state index in [1.165, 1.54) is 0 Å². The SMILES string of the molecule is C=C(C)Cc1cc(C)cc(O)c1. The van der Waals surface area contributed by atoms with Gasteiger partial charge in [-0.1, -0.05) is 18.2 Å². The quantitative estimate of drug-likeness (QED) is 0.663. The molecule has 1 nitrogen and oxygen atoms in total. The monoisotopic (exact) mass is 162 g/mol. The van der Waals surface area contributed by atoms with Gasteiger partial charge in [-0.05, 0) is 43.5 Å². The molecule has 0 fully saturated rings. The molecule has 0 saturated carbocycles. The van der Waals surface area contributed by atoms with Crippen LogP contribution in [0.5, 0.6) is 5.75 Å². The second-order valence-electron chi connectivity index (χ2n) is 3.31. The summed E-state index contributed by atoms with van der Waals surface area (Å²) in [6, 6.07) is 5.60. The van der Waals surface area contributed by atoms with E-state index in [1.54, 1.807) is 12.1 Å². The predicted molar refractivity (Wildman–Crippen MR) is 51.4 cm³/mol. The largest absolute Gasteiger partial charge is 0.508 e. The Labute approximate surface area is 73.4 Å². The molecule has 1 heteroatoms. The van der Waals surface area contributed by atoms with E-state index in [1.807, 2.05) is 13.8 Å². The summed E-state index contributed by atoms with van der Waals surface area (Å²) in [5, 5.41) is 9.28. The number of phenols is 1. The standard InChI is InChI=1S/C11H14O/c1-8(2)4-10-5-9(3)6-11(12)7-10/h5-7,12H,1,4H2,2-3H3. The number of aryl methyl sites for hydroxylation is 1. The Morgan fingerprint density at radius 1 is 1.42 bits per heavy atom. The average Bonchev–Trinajstić information content (AvgIpc) is 1.81. The molecule has 1 rings (SSSR count). The van der Waals surface area contributed by atoms with E-state index >= 15 is 0 Å². The molecule has 0 aliphatic rings. The van der Waals surface area contributed by atoms with Gasteiger partial charge < -0.3 is 5.11 Å². The molecular weight excluding hydrogens is 148 g/mol. The zero-order valence-electron chi connectivity index (χ0n) is 7.59. The fourth-order valence-corrected chi connectivity index (χ4v) is 1.29. The van der Waals surface area contributed by atoms with E-state index < -0.39 is 0 Å². The number of hydrogen-bond acceptors (Lipinski definition) is 1. The normalized spacial score (nSPS) is 9.83. The van der Waals surface area contributed by atoms with Crippen LogP contribution in [0.1, 0.15) is 18.1 Å². The molecule has 1 aromatic carbocycles. The first-order chi connectivity index (χ1) is 5.58. The van der Waals surface area contributed by atoms with Crippen LogP contribution in [0.15, 0.2) is 30.4 Å². The Bertz CT molecular complexity index is 280. The van der Waals surface area contributed by atoms with E-state index in [-0.39, 0.29) is 0 Å². The molecule has 0 aliphatic carbocycles. The van der Waals surface area contributed by atoms with Gasteiger partial charge in [0.2, 0.25) is 0 Å². The van der Waals surface area contributed by atoms with Gasteiger partial charge in [-0.3, -0.25) is 0 Å². The lowest BCUT2D eigenvalue weighted by atomic mass is 10.0. The van der Waals surface area contributed by atoms with Crippen LogP contribution in [-0.2, 0) is 6.42 Å². The van der Waals surface area contributed by atoms with Crippen molar-refractivity contribution in [2.24, 2.45) is 0 Å². The third-order valence-corrected chi connectivity index (χ3v) is 1.63. The minimum atomic E-state index is 0.339. The van der Waals surface area contributed by atoms with Crippen molar-refractivity contribution >= 4 is 0 Å². The van der Waals surface area contributed by atoms with Crippen LogP contribution in [0.4, 0.5) is 0 Å². The Hall–Kier alpha value is -1.24. The molecule has 0 aromatic heterocycles. The third-order valence-electron chi connectivity index (χ3n) is 1.63. The molecule has 0 unspecified atom stereocenters. The second kappa shape index (κ2) is 3.44. The van der Waals surface area contributed by atoms with Gasteiger partial charge in [-0.2, -0.15) is 0 Å². The van der Waals surface area contributed by atoms with Crippen LogP contribution < -0.4 is 0 Å². The first-order valence-electron chi connectivity index (χ1n) is 4.02. The van der Waals surface area contributed by atoms with Gasteiger partial charge in [0.15, 0.2) is 0 Å². The Morgan fingerprint density at radius 3 is 2.58 bits per heavy atom. The van der Waals surface area contributed by atoms with Crippen molar-refractivity contribution < 1.29 is 5.11 Å². The zero-order chi connectivity index (χ0) is 9.14. The van der Waals surface area contributed by atoms with Crippen molar-refractivity contribution in [3.8, 4) is 5.75 Å². The highest BCUT2D eigenvalue weighted by atomic mass is 16.3. The number of rotatable bonds is 2. The summed E-state index contributed by atoms with van der Waals surface area (Å²) in [5.74, 6) is 0.339. The smallest absolute Gasteiger partial charge is 0.116 e. The minimum Gasteiger partial charge on any atom is -0.508 e. The topological polar surface area (TPSA) is 20.2 Å². The number of allylic oxidation sites excluding steroid dienone is 1. The van der Waals surface area contributed by atoms with Crippen molar-refractivity contribution in [3.63, 3.8) is 0 Å². The predicted octanol–water partition coefficient (Wildman–Crippen LogP) is 2.82. The summed E-state index contributed by atoms with van der Waals surface area (Å²) in [6.45, 7) is 7.79. The Morgan fingerprint density at radius 2 is 2.08 bits per heavy atom. The summed E-state index contributed by atoms with van der Waals surface area (Å²) in [4.78, 5) is 0. The van der Waals surface area contributed by atoms with Gasteiger partial charge >= 0.3 is 0 Å².